The van der Waals surface area contributed by atoms with Gasteiger partial charge in [0.05, 0.1) is 11.4 Å². The average molecular weight is 349 g/mol. The summed E-state index contributed by atoms with van der Waals surface area (Å²) in [5.74, 6) is -0.484. The van der Waals surface area contributed by atoms with E-state index < -0.39 is 17.6 Å². The summed E-state index contributed by atoms with van der Waals surface area (Å²) in [5, 5.41) is 4.85. The fraction of sp³-hybridized carbons (Fsp3) is 0.353. The third-order valence-corrected chi connectivity index (χ3v) is 3.69. The van der Waals surface area contributed by atoms with Crippen LogP contribution in [0.3, 0.4) is 0 Å². The van der Waals surface area contributed by atoms with Crippen LogP contribution >= 0.6 is 11.3 Å². The molecule has 0 aliphatic rings. The summed E-state index contributed by atoms with van der Waals surface area (Å²) in [6.07, 6.45) is 1.20. The number of amides is 1. The van der Waals surface area contributed by atoms with Crippen molar-refractivity contribution in [1.82, 2.24) is 9.97 Å². The summed E-state index contributed by atoms with van der Waals surface area (Å²) in [7, 11) is 0. The molecule has 7 heteroatoms. The molecule has 128 valence electrons. The Morgan fingerprint density at radius 3 is 2.67 bits per heavy atom. The van der Waals surface area contributed by atoms with E-state index in [2.05, 4.69) is 15.3 Å². The minimum Gasteiger partial charge on any atom is -0.444 e. The largest absolute Gasteiger partial charge is 0.444 e. The first-order chi connectivity index (χ1) is 11.1. The van der Waals surface area contributed by atoms with Crippen molar-refractivity contribution in [2.45, 2.75) is 40.2 Å². The molecule has 0 aliphatic carbocycles. The monoisotopic (exact) mass is 349 g/mol. The third-order valence-electron chi connectivity index (χ3n) is 2.94. The molecular weight excluding hydrogens is 329 g/mol. The first kappa shape index (κ1) is 18.1. The second-order valence-electron chi connectivity index (χ2n) is 6.34. The van der Waals surface area contributed by atoms with Crippen LogP contribution in [-0.4, -0.2) is 21.7 Å². The van der Waals surface area contributed by atoms with Crippen molar-refractivity contribution in [1.29, 1.82) is 0 Å². The quantitative estimate of drug-likeness (QED) is 0.801. The van der Waals surface area contributed by atoms with E-state index in [0.717, 1.165) is 5.57 Å². The van der Waals surface area contributed by atoms with E-state index in [-0.39, 0.29) is 0 Å². The maximum atomic E-state index is 13.5. The highest BCUT2D eigenvalue weighted by atomic mass is 32.1. The lowest BCUT2D eigenvalue weighted by atomic mass is 10.2. The maximum Gasteiger partial charge on any atom is 0.413 e. The summed E-state index contributed by atoms with van der Waals surface area (Å²) in [4.78, 5) is 19.9. The molecule has 0 saturated carbocycles. The Labute approximate surface area is 144 Å². The second kappa shape index (κ2) is 7.09. The number of halogens is 1. The van der Waals surface area contributed by atoms with Crippen LogP contribution in [0.15, 0.2) is 17.5 Å². The summed E-state index contributed by atoms with van der Waals surface area (Å²) in [5.41, 5.74) is 1.96. The summed E-state index contributed by atoms with van der Waals surface area (Å²) >= 11 is 1.29. The van der Waals surface area contributed by atoms with Crippen LogP contribution in [-0.2, 0) is 4.74 Å². The zero-order chi connectivity index (χ0) is 17.9. The van der Waals surface area contributed by atoms with Gasteiger partial charge in [0.2, 0.25) is 5.95 Å². The van der Waals surface area contributed by atoms with Crippen molar-refractivity contribution in [2.75, 3.05) is 5.32 Å². The van der Waals surface area contributed by atoms with Gasteiger partial charge in [0.25, 0.3) is 0 Å². The molecule has 0 aliphatic heterocycles. The number of nitrogens with zero attached hydrogens (tertiary/aromatic N) is 2. The van der Waals surface area contributed by atoms with Gasteiger partial charge in [-0.2, -0.15) is 4.39 Å². The second-order valence-corrected chi connectivity index (χ2v) is 7.19. The Morgan fingerprint density at radius 2 is 2.04 bits per heavy atom. The number of carbonyl (C=O) groups excluding carboxylic acids is 1. The zero-order valence-corrected chi connectivity index (χ0v) is 15.1. The first-order valence-electron chi connectivity index (χ1n) is 7.41. The summed E-state index contributed by atoms with van der Waals surface area (Å²) in [6, 6.07) is 3.42. The van der Waals surface area contributed by atoms with Crippen molar-refractivity contribution in [2.24, 2.45) is 0 Å². The van der Waals surface area contributed by atoms with Gasteiger partial charge in [-0.15, -0.1) is 11.3 Å². The van der Waals surface area contributed by atoms with Crippen molar-refractivity contribution in [3.63, 3.8) is 0 Å². The van der Waals surface area contributed by atoms with Gasteiger partial charge in [0.15, 0.2) is 5.13 Å². The Balaban J connectivity index is 2.10. The number of nitrogens with one attached hydrogen (secondary N) is 1. The van der Waals surface area contributed by atoms with Gasteiger partial charge in [-0.1, -0.05) is 6.07 Å². The molecule has 2 heterocycles. The molecule has 0 bridgehead atoms. The van der Waals surface area contributed by atoms with Crippen LogP contribution in [0.2, 0.25) is 0 Å². The van der Waals surface area contributed by atoms with Gasteiger partial charge >= 0.3 is 6.09 Å². The normalized spacial score (nSPS) is 12.2. The Kier molecular flexibility index (Phi) is 5.33. The molecule has 2 rings (SSSR count). The van der Waals surface area contributed by atoms with Gasteiger partial charge in [-0.05, 0) is 52.3 Å². The number of allylic oxidation sites excluding steroid dienone is 1. The maximum absolute atomic E-state index is 13.5. The molecule has 5 nitrogen and oxygen atoms in total. The summed E-state index contributed by atoms with van der Waals surface area (Å²) < 4.78 is 18.7. The van der Waals surface area contributed by atoms with Crippen molar-refractivity contribution in [3.8, 4) is 0 Å². The highest BCUT2D eigenvalue weighted by Crippen LogP contribution is 2.23. The van der Waals surface area contributed by atoms with Crippen molar-refractivity contribution >= 4 is 34.2 Å². The van der Waals surface area contributed by atoms with E-state index in [0.29, 0.717) is 22.1 Å². The molecule has 0 saturated heterocycles. The third kappa shape index (κ3) is 5.13. The van der Waals surface area contributed by atoms with Gasteiger partial charge in [0, 0.05) is 10.9 Å². The van der Waals surface area contributed by atoms with Crippen LogP contribution < -0.4 is 5.32 Å². The van der Waals surface area contributed by atoms with Crippen LogP contribution in [0.4, 0.5) is 14.3 Å². The fourth-order valence-electron chi connectivity index (χ4n) is 1.80. The van der Waals surface area contributed by atoms with Gasteiger partial charge in [0.1, 0.15) is 5.60 Å². The number of thiazole rings is 1. The Bertz CT molecular complexity index is 778. The van der Waals surface area contributed by atoms with E-state index in [1.807, 2.05) is 12.3 Å². The average Bonchev–Trinajstić information content (AvgIpc) is 2.89. The molecule has 0 radical (unpaired) electrons. The number of ether oxygens (including phenoxy) is 1. The van der Waals surface area contributed by atoms with Crippen LogP contribution in [0.5, 0.6) is 0 Å². The van der Waals surface area contributed by atoms with Crippen LogP contribution in [0.1, 0.15) is 44.6 Å². The highest BCUT2D eigenvalue weighted by molar-refractivity contribution is 7.14. The van der Waals surface area contributed by atoms with E-state index in [1.165, 1.54) is 11.3 Å². The van der Waals surface area contributed by atoms with Gasteiger partial charge in [-0.25, -0.2) is 14.8 Å². The molecule has 0 atom stereocenters. The number of aryl methyl sites for hydroxylation is 1. The molecule has 0 spiro atoms. The van der Waals surface area contributed by atoms with Crippen molar-refractivity contribution < 1.29 is 13.9 Å². The molecule has 0 unspecified atom stereocenters. The highest BCUT2D eigenvalue weighted by Gasteiger charge is 2.17. The smallest absolute Gasteiger partial charge is 0.413 e. The number of hydrogen-bond acceptors (Lipinski definition) is 5. The van der Waals surface area contributed by atoms with E-state index in [1.54, 1.807) is 45.9 Å². The summed E-state index contributed by atoms with van der Waals surface area (Å²) in [6.45, 7) is 8.89. The number of pyridine rings is 1. The minimum absolute atomic E-state index is 0.440. The van der Waals surface area contributed by atoms with Gasteiger partial charge in [-0.3, -0.25) is 5.32 Å². The lowest BCUT2D eigenvalue weighted by Crippen LogP contribution is -2.27. The topological polar surface area (TPSA) is 64.1 Å². The molecule has 0 fully saturated rings. The van der Waals surface area contributed by atoms with E-state index >= 15 is 0 Å². The Hall–Kier alpha value is -2.28. The molecule has 2 aromatic heterocycles. The predicted molar refractivity (Wildman–Crippen MR) is 94.4 cm³/mol. The fourth-order valence-corrected chi connectivity index (χ4v) is 2.55. The van der Waals surface area contributed by atoms with Crippen LogP contribution in [0, 0.1) is 12.9 Å². The minimum atomic E-state index is -0.568. The number of aromatic nitrogens is 2. The standard InChI is InChI=1S/C17H20FN3O2S/c1-10-6-7-12(19-14(10)18)8-11(2)13-9-24-15(20-13)21-16(22)23-17(3,4)5/h6-9H,1-5H3,(H,20,21,22)/b11-8+. The lowest BCUT2D eigenvalue weighted by Gasteiger charge is -2.18. The zero-order valence-electron chi connectivity index (χ0n) is 14.3. The number of rotatable bonds is 3. The first-order valence-corrected chi connectivity index (χ1v) is 8.29. The number of anilines is 1. The van der Waals surface area contributed by atoms with Crippen molar-refractivity contribution in [3.05, 3.63) is 40.4 Å². The molecular formula is C17H20FN3O2S. The SMILES string of the molecule is C/C(=C\c1ccc(C)c(F)n1)c1csc(NC(=O)OC(C)(C)C)n1. The van der Waals surface area contributed by atoms with E-state index in [4.69, 9.17) is 4.74 Å². The van der Waals surface area contributed by atoms with E-state index in [9.17, 15) is 9.18 Å². The molecule has 24 heavy (non-hydrogen) atoms. The molecule has 0 aromatic carbocycles. The lowest BCUT2D eigenvalue weighted by molar-refractivity contribution is 0.0636. The Morgan fingerprint density at radius 1 is 1.33 bits per heavy atom. The number of hydrogen-bond donors (Lipinski definition) is 1. The van der Waals surface area contributed by atoms with Gasteiger partial charge < -0.3 is 4.74 Å². The predicted octanol–water partition coefficient (Wildman–Crippen LogP) is 4.89. The molecule has 1 amide bonds. The molecule has 2 aromatic rings. The van der Waals surface area contributed by atoms with Crippen LogP contribution in [0.25, 0.3) is 11.6 Å². The molecule has 1 N–H and O–H groups in total. The number of carbonyl (C=O) groups is 1.